The zero-order valence-corrected chi connectivity index (χ0v) is 9.59. The quantitative estimate of drug-likeness (QED) is 0.885. The van der Waals surface area contributed by atoms with Crippen LogP contribution >= 0.6 is 11.6 Å². The van der Waals surface area contributed by atoms with Crippen LogP contribution in [0.15, 0.2) is 30.5 Å². The molecule has 16 heavy (non-hydrogen) atoms. The molecule has 1 unspecified atom stereocenters. The standard InChI is InChI=1S/C11H12ClN3O/c1-15-7-8(13-14-15)6-11(16)9-4-2-3-5-10(9)12/h2-5,7,11,16H,6H2,1H3. The number of rotatable bonds is 3. The van der Waals surface area contributed by atoms with Crippen LogP contribution in [0.5, 0.6) is 0 Å². The summed E-state index contributed by atoms with van der Waals surface area (Å²) in [5, 5.41) is 18.3. The van der Waals surface area contributed by atoms with Gasteiger partial charge in [0.15, 0.2) is 0 Å². The van der Waals surface area contributed by atoms with E-state index < -0.39 is 6.10 Å². The zero-order chi connectivity index (χ0) is 11.5. The van der Waals surface area contributed by atoms with E-state index in [1.54, 1.807) is 24.0 Å². The molecule has 0 saturated heterocycles. The number of nitrogens with zero attached hydrogens (tertiary/aromatic N) is 3. The summed E-state index contributed by atoms with van der Waals surface area (Å²) < 4.78 is 1.61. The third kappa shape index (κ3) is 2.40. The molecule has 0 aliphatic rings. The molecule has 0 aliphatic heterocycles. The second-order valence-corrected chi connectivity index (χ2v) is 4.03. The maximum atomic E-state index is 10.0. The Labute approximate surface area is 98.5 Å². The van der Waals surface area contributed by atoms with Crippen LogP contribution in [0.2, 0.25) is 5.02 Å². The Morgan fingerprint density at radius 1 is 1.44 bits per heavy atom. The summed E-state index contributed by atoms with van der Waals surface area (Å²) in [5.41, 5.74) is 1.46. The normalized spacial score (nSPS) is 12.7. The molecule has 0 bridgehead atoms. The van der Waals surface area contributed by atoms with Gasteiger partial charge in [0.25, 0.3) is 0 Å². The van der Waals surface area contributed by atoms with Crippen LogP contribution < -0.4 is 0 Å². The Morgan fingerprint density at radius 3 is 2.81 bits per heavy atom. The fourth-order valence-corrected chi connectivity index (χ4v) is 1.80. The summed E-state index contributed by atoms with van der Waals surface area (Å²) >= 11 is 5.99. The summed E-state index contributed by atoms with van der Waals surface area (Å²) in [7, 11) is 1.79. The molecule has 1 heterocycles. The highest BCUT2D eigenvalue weighted by molar-refractivity contribution is 6.31. The van der Waals surface area contributed by atoms with Gasteiger partial charge in [-0.2, -0.15) is 0 Å². The molecule has 1 aromatic heterocycles. The molecular formula is C11H12ClN3O. The van der Waals surface area contributed by atoms with Crippen LogP contribution in [-0.4, -0.2) is 20.1 Å². The molecule has 0 fully saturated rings. The van der Waals surface area contributed by atoms with Gasteiger partial charge in [0.05, 0.1) is 11.8 Å². The number of aliphatic hydroxyl groups is 1. The number of halogens is 1. The van der Waals surface area contributed by atoms with Crippen molar-refractivity contribution >= 4 is 11.6 Å². The predicted octanol–water partition coefficient (Wildman–Crippen LogP) is 1.74. The molecule has 4 nitrogen and oxygen atoms in total. The fourth-order valence-electron chi connectivity index (χ4n) is 1.54. The minimum atomic E-state index is -0.648. The lowest BCUT2D eigenvalue weighted by atomic mass is 10.1. The van der Waals surface area contributed by atoms with Crippen molar-refractivity contribution in [2.24, 2.45) is 7.05 Å². The maximum absolute atomic E-state index is 10.0. The molecule has 0 saturated carbocycles. The average molecular weight is 238 g/mol. The van der Waals surface area contributed by atoms with Gasteiger partial charge in [0.2, 0.25) is 0 Å². The van der Waals surface area contributed by atoms with E-state index in [-0.39, 0.29) is 0 Å². The van der Waals surface area contributed by atoms with Crippen molar-refractivity contribution in [2.75, 3.05) is 0 Å². The van der Waals surface area contributed by atoms with Gasteiger partial charge in [0, 0.05) is 24.7 Å². The van der Waals surface area contributed by atoms with Crippen molar-refractivity contribution in [3.05, 3.63) is 46.7 Å². The molecule has 84 valence electrons. The van der Waals surface area contributed by atoms with E-state index in [1.807, 2.05) is 18.2 Å². The van der Waals surface area contributed by atoms with Crippen molar-refractivity contribution in [2.45, 2.75) is 12.5 Å². The molecular weight excluding hydrogens is 226 g/mol. The zero-order valence-electron chi connectivity index (χ0n) is 8.84. The smallest absolute Gasteiger partial charge is 0.0861 e. The van der Waals surface area contributed by atoms with E-state index in [4.69, 9.17) is 11.6 Å². The van der Waals surface area contributed by atoms with Crippen LogP contribution in [0.25, 0.3) is 0 Å². The molecule has 0 spiro atoms. The molecule has 2 aromatic rings. The predicted molar refractivity (Wildman–Crippen MR) is 61.1 cm³/mol. The van der Waals surface area contributed by atoms with E-state index in [1.165, 1.54) is 0 Å². The Balaban J connectivity index is 2.14. The highest BCUT2D eigenvalue weighted by atomic mass is 35.5. The monoisotopic (exact) mass is 237 g/mol. The first-order valence-electron chi connectivity index (χ1n) is 4.94. The number of benzene rings is 1. The molecule has 1 aromatic carbocycles. The van der Waals surface area contributed by atoms with Crippen LogP contribution in [0.1, 0.15) is 17.4 Å². The number of hydrogen-bond acceptors (Lipinski definition) is 3. The molecule has 2 rings (SSSR count). The number of hydrogen-bond donors (Lipinski definition) is 1. The summed E-state index contributed by atoms with van der Waals surface area (Å²) in [6.07, 6.45) is 1.54. The Morgan fingerprint density at radius 2 is 2.19 bits per heavy atom. The molecule has 0 aliphatic carbocycles. The maximum Gasteiger partial charge on any atom is 0.0861 e. The molecule has 5 heteroatoms. The van der Waals surface area contributed by atoms with Crippen LogP contribution in [0.4, 0.5) is 0 Å². The van der Waals surface area contributed by atoms with Crippen molar-refractivity contribution in [1.29, 1.82) is 0 Å². The van der Waals surface area contributed by atoms with Gasteiger partial charge in [0.1, 0.15) is 0 Å². The van der Waals surface area contributed by atoms with E-state index in [0.29, 0.717) is 11.4 Å². The first kappa shape index (κ1) is 11.1. The van der Waals surface area contributed by atoms with Gasteiger partial charge in [-0.1, -0.05) is 35.0 Å². The van der Waals surface area contributed by atoms with Crippen LogP contribution in [0, 0.1) is 0 Å². The lowest BCUT2D eigenvalue weighted by Gasteiger charge is -2.10. The molecule has 0 amide bonds. The van der Waals surface area contributed by atoms with E-state index >= 15 is 0 Å². The van der Waals surface area contributed by atoms with Crippen molar-refractivity contribution in [1.82, 2.24) is 15.0 Å². The van der Waals surface area contributed by atoms with Crippen molar-refractivity contribution in [3.8, 4) is 0 Å². The van der Waals surface area contributed by atoms with Crippen molar-refractivity contribution < 1.29 is 5.11 Å². The van der Waals surface area contributed by atoms with Gasteiger partial charge in [-0.15, -0.1) is 5.10 Å². The first-order chi connectivity index (χ1) is 7.66. The van der Waals surface area contributed by atoms with E-state index in [2.05, 4.69) is 10.3 Å². The number of aryl methyl sites for hydroxylation is 1. The third-order valence-electron chi connectivity index (χ3n) is 2.32. The topological polar surface area (TPSA) is 50.9 Å². The summed E-state index contributed by atoms with van der Waals surface area (Å²) in [6, 6.07) is 7.25. The minimum Gasteiger partial charge on any atom is -0.388 e. The average Bonchev–Trinajstić information content (AvgIpc) is 2.64. The molecule has 1 N–H and O–H groups in total. The van der Waals surface area contributed by atoms with E-state index in [0.717, 1.165) is 11.3 Å². The minimum absolute atomic E-state index is 0.414. The molecule has 1 atom stereocenters. The number of aliphatic hydroxyl groups excluding tert-OH is 1. The van der Waals surface area contributed by atoms with Gasteiger partial charge in [-0.05, 0) is 11.6 Å². The second kappa shape index (κ2) is 4.63. The summed E-state index contributed by atoms with van der Waals surface area (Å²) in [6.45, 7) is 0. The lowest BCUT2D eigenvalue weighted by Crippen LogP contribution is -2.02. The summed E-state index contributed by atoms with van der Waals surface area (Å²) in [4.78, 5) is 0. The second-order valence-electron chi connectivity index (χ2n) is 3.62. The third-order valence-corrected chi connectivity index (χ3v) is 2.66. The van der Waals surface area contributed by atoms with Gasteiger partial charge < -0.3 is 5.11 Å². The molecule has 0 radical (unpaired) electrons. The van der Waals surface area contributed by atoms with Crippen molar-refractivity contribution in [3.63, 3.8) is 0 Å². The van der Waals surface area contributed by atoms with Crippen LogP contribution in [0.3, 0.4) is 0 Å². The van der Waals surface area contributed by atoms with Gasteiger partial charge in [-0.25, -0.2) is 0 Å². The first-order valence-corrected chi connectivity index (χ1v) is 5.32. The Bertz CT molecular complexity index is 484. The number of aromatic nitrogens is 3. The Kier molecular flexibility index (Phi) is 3.22. The Hall–Kier alpha value is -1.39. The highest BCUT2D eigenvalue weighted by Crippen LogP contribution is 2.24. The van der Waals surface area contributed by atoms with E-state index in [9.17, 15) is 5.11 Å². The van der Waals surface area contributed by atoms with Crippen LogP contribution in [-0.2, 0) is 13.5 Å². The SMILES string of the molecule is Cn1cc(CC(O)c2ccccc2Cl)nn1. The van der Waals surface area contributed by atoms with Gasteiger partial charge >= 0.3 is 0 Å². The van der Waals surface area contributed by atoms with Gasteiger partial charge in [-0.3, -0.25) is 4.68 Å². The lowest BCUT2D eigenvalue weighted by molar-refractivity contribution is 0.177. The fraction of sp³-hybridized carbons (Fsp3) is 0.273. The largest absolute Gasteiger partial charge is 0.388 e. The summed E-state index contributed by atoms with van der Waals surface area (Å²) in [5.74, 6) is 0. The highest BCUT2D eigenvalue weighted by Gasteiger charge is 2.13.